The second-order valence-corrected chi connectivity index (χ2v) is 7.08. The highest BCUT2D eigenvalue weighted by molar-refractivity contribution is 7.12. The van der Waals surface area contributed by atoms with E-state index >= 15 is 0 Å². The lowest BCUT2D eigenvalue weighted by Gasteiger charge is -2.58. The Bertz CT molecular complexity index is 580. The van der Waals surface area contributed by atoms with E-state index in [1.165, 1.54) is 11.3 Å². The number of carbonyl (C=O) groups is 2. The number of aryl methyl sites for hydroxylation is 1. The Kier molecular flexibility index (Phi) is 4.63. The fourth-order valence-electron chi connectivity index (χ4n) is 3.10. The van der Waals surface area contributed by atoms with Crippen molar-refractivity contribution in [2.75, 3.05) is 6.61 Å². The van der Waals surface area contributed by atoms with E-state index in [0.717, 1.165) is 12.0 Å². The Morgan fingerprint density at radius 1 is 1.45 bits per heavy atom. The van der Waals surface area contributed by atoms with Crippen molar-refractivity contribution in [3.63, 3.8) is 0 Å². The first-order valence-electron chi connectivity index (χ1n) is 7.54. The summed E-state index contributed by atoms with van der Waals surface area (Å²) in [6, 6.07) is 1.90. The molecule has 6 heteroatoms. The zero-order valence-corrected chi connectivity index (χ0v) is 14.3. The third-order valence-electron chi connectivity index (χ3n) is 4.79. The highest BCUT2D eigenvalue weighted by atomic mass is 32.1. The number of thiophene rings is 1. The highest BCUT2D eigenvalue weighted by Crippen LogP contribution is 2.51. The molecular weight excluding hydrogens is 302 g/mol. The number of amides is 1. The third-order valence-corrected chi connectivity index (χ3v) is 5.75. The smallest absolute Gasteiger partial charge is 0.330 e. The van der Waals surface area contributed by atoms with Gasteiger partial charge in [-0.15, -0.1) is 11.3 Å². The van der Waals surface area contributed by atoms with Crippen molar-refractivity contribution in [1.82, 2.24) is 5.32 Å². The van der Waals surface area contributed by atoms with Crippen LogP contribution in [-0.4, -0.2) is 35.2 Å². The van der Waals surface area contributed by atoms with E-state index in [-0.39, 0.29) is 12.0 Å². The van der Waals surface area contributed by atoms with E-state index in [0.29, 0.717) is 17.9 Å². The van der Waals surface area contributed by atoms with Gasteiger partial charge >= 0.3 is 5.97 Å². The number of carbonyl (C=O) groups excluding carboxylic acids is 1. The monoisotopic (exact) mass is 325 g/mol. The number of hydrogen-bond acceptors (Lipinski definition) is 4. The topological polar surface area (TPSA) is 75.6 Å². The first kappa shape index (κ1) is 17.0. The summed E-state index contributed by atoms with van der Waals surface area (Å²) in [7, 11) is 0. The van der Waals surface area contributed by atoms with Gasteiger partial charge in [0.2, 0.25) is 0 Å². The van der Waals surface area contributed by atoms with Gasteiger partial charge in [0.1, 0.15) is 5.54 Å². The third kappa shape index (κ3) is 2.44. The van der Waals surface area contributed by atoms with Crippen molar-refractivity contribution in [1.29, 1.82) is 0 Å². The fraction of sp³-hybridized carbons (Fsp3) is 0.625. The first-order chi connectivity index (χ1) is 10.3. The molecule has 122 valence electrons. The predicted molar refractivity (Wildman–Crippen MR) is 85.3 cm³/mol. The van der Waals surface area contributed by atoms with Crippen LogP contribution in [0, 0.1) is 5.41 Å². The second kappa shape index (κ2) is 6.01. The van der Waals surface area contributed by atoms with Gasteiger partial charge < -0.3 is 15.2 Å². The molecule has 1 aliphatic carbocycles. The summed E-state index contributed by atoms with van der Waals surface area (Å²) in [5.74, 6) is -1.31. The van der Waals surface area contributed by atoms with Crippen molar-refractivity contribution < 1.29 is 19.4 Å². The molecule has 2 atom stereocenters. The van der Waals surface area contributed by atoms with Crippen molar-refractivity contribution in [2.24, 2.45) is 5.41 Å². The van der Waals surface area contributed by atoms with Crippen molar-refractivity contribution in [3.05, 3.63) is 21.9 Å². The number of hydrogen-bond donors (Lipinski definition) is 2. The van der Waals surface area contributed by atoms with Crippen LogP contribution in [-0.2, 0) is 16.0 Å². The zero-order valence-electron chi connectivity index (χ0n) is 13.4. The van der Waals surface area contributed by atoms with Crippen LogP contribution in [0.3, 0.4) is 0 Å². The molecular formula is C16H23NO4S. The van der Waals surface area contributed by atoms with Gasteiger partial charge in [-0.1, -0.05) is 20.8 Å². The summed E-state index contributed by atoms with van der Waals surface area (Å²) < 4.78 is 5.60. The van der Waals surface area contributed by atoms with Gasteiger partial charge in [-0.25, -0.2) is 4.79 Å². The molecule has 1 aromatic heterocycles. The Hall–Kier alpha value is -1.40. The van der Waals surface area contributed by atoms with Crippen LogP contribution in [0.15, 0.2) is 11.4 Å². The lowest BCUT2D eigenvalue weighted by Crippen LogP contribution is -2.76. The van der Waals surface area contributed by atoms with Gasteiger partial charge in [0.15, 0.2) is 0 Å². The van der Waals surface area contributed by atoms with E-state index < -0.39 is 16.9 Å². The lowest BCUT2D eigenvalue weighted by atomic mass is 9.54. The molecule has 1 aliphatic rings. The Morgan fingerprint density at radius 3 is 2.64 bits per heavy atom. The molecule has 1 aromatic rings. The molecule has 0 aliphatic heterocycles. The van der Waals surface area contributed by atoms with Crippen molar-refractivity contribution in [2.45, 2.75) is 52.2 Å². The number of aliphatic carboxylic acids is 1. The van der Waals surface area contributed by atoms with Gasteiger partial charge in [0.25, 0.3) is 5.91 Å². The number of carboxylic acid groups (broad SMARTS) is 1. The molecule has 2 N–H and O–H groups in total. The second-order valence-electron chi connectivity index (χ2n) is 6.16. The number of ether oxygens (including phenoxy) is 1. The molecule has 0 unspecified atom stereocenters. The van der Waals surface area contributed by atoms with Crippen LogP contribution in [0.1, 0.15) is 49.4 Å². The first-order valence-corrected chi connectivity index (χ1v) is 8.42. The molecule has 0 aromatic carbocycles. The number of rotatable bonds is 6. The van der Waals surface area contributed by atoms with Crippen LogP contribution < -0.4 is 5.32 Å². The summed E-state index contributed by atoms with van der Waals surface area (Å²) in [4.78, 5) is 25.0. The minimum atomic E-state index is -1.28. The van der Waals surface area contributed by atoms with E-state index in [4.69, 9.17) is 4.74 Å². The van der Waals surface area contributed by atoms with Gasteiger partial charge in [0, 0.05) is 18.4 Å². The largest absolute Gasteiger partial charge is 0.479 e. The molecule has 1 fully saturated rings. The van der Waals surface area contributed by atoms with Crippen LogP contribution in [0.25, 0.3) is 0 Å². The molecule has 0 saturated heterocycles. The number of nitrogens with one attached hydrogen (secondary N) is 1. The molecule has 1 saturated carbocycles. The Morgan fingerprint density at radius 2 is 2.14 bits per heavy atom. The maximum absolute atomic E-state index is 12.5. The highest BCUT2D eigenvalue weighted by Gasteiger charge is 2.66. The average Bonchev–Trinajstić information content (AvgIpc) is 2.93. The fourth-order valence-corrected chi connectivity index (χ4v) is 3.99. The summed E-state index contributed by atoms with van der Waals surface area (Å²) >= 11 is 1.34. The Labute approximate surface area is 134 Å². The standard InChI is InChI=1S/C16H23NO4S/c1-5-10-7-8-22-12(10)13(18)17-16(14(19)20)9-11(21-6-2)15(16,3)4/h7-8,11H,5-6,9H2,1-4H3,(H,17,18)(H,19,20)/t11-,16+/m0/s1. The quantitative estimate of drug-likeness (QED) is 0.843. The van der Waals surface area contributed by atoms with Gasteiger partial charge in [-0.05, 0) is 30.4 Å². The normalized spacial score (nSPS) is 26.3. The predicted octanol–water partition coefficient (Wildman–Crippen LogP) is 2.70. The van der Waals surface area contributed by atoms with E-state index in [1.807, 2.05) is 39.1 Å². The van der Waals surface area contributed by atoms with E-state index in [2.05, 4.69) is 5.32 Å². The molecule has 1 heterocycles. The van der Waals surface area contributed by atoms with E-state index in [9.17, 15) is 14.7 Å². The number of carboxylic acids is 1. The average molecular weight is 325 g/mol. The maximum Gasteiger partial charge on any atom is 0.330 e. The maximum atomic E-state index is 12.5. The van der Waals surface area contributed by atoms with Crippen LogP contribution in [0.4, 0.5) is 0 Å². The minimum absolute atomic E-state index is 0.164. The molecule has 0 bridgehead atoms. The summed E-state index contributed by atoms with van der Waals surface area (Å²) in [5.41, 5.74) is -0.992. The molecule has 22 heavy (non-hydrogen) atoms. The molecule has 0 spiro atoms. The van der Waals surface area contributed by atoms with Crippen LogP contribution in [0.5, 0.6) is 0 Å². The van der Waals surface area contributed by atoms with Crippen LogP contribution in [0.2, 0.25) is 0 Å². The van der Waals surface area contributed by atoms with Gasteiger partial charge in [0.05, 0.1) is 11.0 Å². The lowest BCUT2D eigenvalue weighted by molar-refractivity contribution is -0.190. The summed E-state index contributed by atoms with van der Waals surface area (Å²) in [5, 5.41) is 14.3. The summed E-state index contributed by atoms with van der Waals surface area (Å²) in [6.45, 7) is 8.06. The zero-order chi connectivity index (χ0) is 16.5. The minimum Gasteiger partial charge on any atom is -0.479 e. The van der Waals surface area contributed by atoms with Crippen LogP contribution >= 0.6 is 11.3 Å². The molecule has 2 rings (SSSR count). The van der Waals surface area contributed by atoms with Crippen molar-refractivity contribution in [3.8, 4) is 0 Å². The summed E-state index contributed by atoms with van der Waals surface area (Å²) in [6.07, 6.45) is 0.877. The molecule has 0 radical (unpaired) electrons. The Balaban J connectivity index is 2.24. The molecule has 5 nitrogen and oxygen atoms in total. The van der Waals surface area contributed by atoms with Gasteiger partial charge in [-0.3, -0.25) is 4.79 Å². The van der Waals surface area contributed by atoms with Crippen molar-refractivity contribution >= 4 is 23.2 Å². The SMILES string of the molecule is CCO[C@H]1C[C@@](NC(=O)c2sccc2CC)(C(=O)O)C1(C)C. The van der Waals surface area contributed by atoms with E-state index in [1.54, 1.807) is 0 Å². The molecule has 1 amide bonds. The van der Waals surface area contributed by atoms with Gasteiger partial charge in [-0.2, -0.15) is 0 Å².